The first-order chi connectivity index (χ1) is 8.25. The van der Waals surface area contributed by atoms with Crippen molar-refractivity contribution in [1.29, 1.82) is 0 Å². The lowest BCUT2D eigenvalue weighted by Gasteiger charge is -2.26. The fraction of sp³-hybridized carbons (Fsp3) is 0.615. The Balaban J connectivity index is 1.75. The second-order valence-corrected chi connectivity index (χ2v) is 4.53. The van der Waals surface area contributed by atoms with Crippen LogP contribution in [0.1, 0.15) is 17.8 Å². The van der Waals surface area contributed by atoms with Crippen molar-refractivity contribution < 1.29 is 4.74 Å². The zero-order valence-corrected chi connectivity index (χ0v) is 10.5. The number of nitrogen functional groups attached to an aromatic ring is 1. The number of morpholine rings is 1. The molecular formula is C13H21N3O. The van der Waals surface area contributed by atoms with E-state index in [1.54, 1.807) is 0 Å². The Morgan fingerprint density at radius 3 is 2.82 bits per heavy atom. The summed E-state index contributed by atoms with van der Waals surface area (Å²) < 4.78 is 5.33. The topological polar surface area (TPSA) is 51.4 Å². The summed E-state index contributed by atoms with van der Waals surface area (Å²) in [5, 5.41) is 0. The molecule has 0 radical (unpaired) electrons. The Hall–Kier alpha value is -1.13. The summed E-state index contributed by atoms with van der Waals surface area (Å²) in [5.74, 6) is 0. The Labute approximate surface area is 103 Å². The summed E-state index contributed by atoms with van der Waals surface area (Å²) >= 11 is 0. The van der Waals surface area contributed by atoms with Crippen LogP contribution in [-0.2, 0) is 11.2 Å². The van der Waals surface area contributed by atoms with E-state index in [1.807, 2.05) is 19.1 Å². The number of hydrogen-bond acceptors (Lipinski definition) is 4. The van der Waals surface area contributed by atoms with Crippen molar-refractivity contribution in [3.63, 3.8) is 0 Å². The lowest BCUT2D eigenvalue weighted by Crippen LogP contribution is -2.36. The normalized spacial score (nSPS) is 17.2. The van der Waals surface area contributed by atoms with Crippen LogP contribution < -0.4 is 5.73 Å². The van der Waals surface area contributed by atoms with Gasteiger partial charge in [0, 0.05) is 18.8 Å². The monoisotopic (exact) mass is 235 g/mol. The van der Waals surface area contributed by atoms with E-state index in [0.29, 0.717) is 0 Å². The zero-order chi connectivity index (χ0) is 12.1. The van der Waals surface area contributed by atoms with Crippen LogP contribution in [0.5, 0.6) is 0 Å². The fourth-order valence-corrected chi connectivity index (χ4v) is 2.07. The molecule has 1 saturated heterocycles. The van der Waals surface area contributed by atoms with Crippen molar-refractivity contribution in [1.82, 2.24) is 9.88 Å². The Morgan fingerprint density at radius 2 is 2.12 bits per heavy atom. The number of pyridine rings is 1. The predicted molar refractivity (Wildman–Crippen MR) is 69.0 cm³/mol. The molecule has 2 heterocycles. The van der Waals surface area contributed by atoms with Crippen molar-refractivity contribution in [3.05, 3.63) is 23.5 Å². The quantitative estimate of drug-likeness (QED) is 0.853. The number of rotatable bonds is 4. The van der Waals surface area contributed by atoms with Crippen LogP contribution in [0.2, 0.25) is 0 Å². The van der Waals surface area contributed by atoms with Crippen LogP contribution in [0, 0.1) is 6.92 Å². The number of ether oxygens (including phenoxy) is 1. The van der Waals surface area contributed by atoms with Crippen molar-refractivity contribution in [2.24, 2.45) is 0 Å². The highest BCUT2D eigenvalue weighted by atomic mass is 16.5. The molecule has 0 atom stereocenters. The minimum atomic E-state index is 0.780. The molecule has 4 nitrogen and oxygen atoms in total. The van der Waals surface area contributed by atoms with Gasteiger partial charge in [-0.1, -0.05) is 0 Å². The summed E-state index contributed by atoms with van der Waals surface area (Å²) in [6.07, 6.45) is 2.18. The third-order valence-corrected chi connectivity index (χ3v) is 3.20. The number of hydrogen-bond donors (Lipinski definition) is 1. The summed E-state index contributed by atoms with van der Waals surface area (Å²) in [7, 11) is 0. The SMILES string of the molecule is Cc1nc(CCCN2CCOCC2)ccc1N. The van der Waals surface area contributed by atoms with Crippen LogP contribution in [-0.4, -0.2) is 42.7 Å². The van der Waals surface area contributed by atoms with Crippen molar-refractivity contribution in [2.45, 2.75) is 19.8 Å². The molecule has 0 spiro atoms. The lowest BCUT2D eigenvalue weighted by atomic mass is 10.2. The molecule has 4 heteroatoms. The molecular weight excluding hydrogens is 214 g/mol. The van der Waals surface area contributed by atoms with Crippen LogP contribution in [0.3, 0.4) is 0 Å². The molecule has 94 valence electrons. The zero-order valence-electron chi connectivity index (χ0n) is 10.5. The molecule has 2 N–H and O–H groups in total. The number of nitrogens with zero attached hydrogens (tertiary/aromatic N) is 2. The lowest BCUT2D eigenvalue weighted by molar-refractivity contribution is 0.0374. The van der Waals surface area contributed by atoms with Crippen molar-refractivity contribution >= 4 is 5.69 Å². The van der Waals surface area contributed by atoms with Gasteiger partial charge in [-0.3, -0.25) is 9.88 Å². The maximum atomic E-state index is 5.75. The van der Waals surface area contributed by atoms with E-state index in [-0.39, 0.29) is 0 Å². The first-order valence-corrected chi connectivity index (χ1v) is 6.28. The van der Waals surface area contributed by atoms with E-state index in [0.717, 1.165) is 62.8 Å². The average Bonchev–Trinajstić information content (AvgIpc) is 2.35. The maximum Gasteiger partial charge on any atom is 0.0604 e. The molecule has 0 saturated carbocycles. The molecule has 1 aliphatic heterocycles. The van der Waals surface area contributed by atoms with E-state index in [1.165, 1.54) is 0 Å². The van der Waals surface area contributed by atoms with Gasteiger partial charge in [0.2, 0.25) is 0 Å². The van der Waals surface area contributed by atoms with Gasteiger partial charge < -0.3 is 10.5 Å². The highest BCUT2D eigenvalue weighted by Gasteiger charge is 2.09. The molecule has 2 rings (SSSR count). The second kappa shape index (κ2) is 5.98. The molecule has 0 amide bonds. The maximum absolute atomic E-state index is 5.75. The van der Waals surface area contributed by atoms with Crippen LogP contribution in [0.15, 0.2) is 12.1 Å². The molecule has 1 aromatic heterocycles. The van der Waals surface area contributed by atoms with Gasteiger partial charge >= 0.3 is 0 Å². The van der Waals surface area contributed by atoms with Gasteiger partial charge in [0.1, 0.15) is 0 Å². The number of anilines is 1. The highest BCUT2D eigenvalue weighted by Crippen LogP contribution is 2.10. The van der Waals surface area contributed by atoms with Crippen LogP contribution in [0.25, 0.3) is 0 Å². The van der Waals surface area contributed by atoms with E-state index < -0.39 is 0 Å². The third-order valence-electron chi connectivity index (χ3n) is 3.20. The number of aromatic nitrogens is 1. The minimum Gasteiger partial charge on any atom is -0.397 e. The fourth-order valence-electron chi connectivity index (χ4n) is 2.07. The van der Waals surface area contributed by atoms with Gasteiger partial charge in [0.05, 0.1) is 24.6 Å². The van der Waals surface area contributed by atoms with E-state index in [9.17, 15) is 0 Å². The van der Waals surface area contributed by atoms with Crippen LogP contribution >= 0.6 is 0 Å². The van der Waals surface area contributed by atoms with E-state index in [4.69, 9.17) is 10.5 Å². The second-order valence-electron chi connectivity index (χ2n) is 4.53. The predicted octanol–water partition coefficient (Wildman–Crippen LogP) is 1.24. The van der Waals surface area contributed by atoms with Gasteiger partial charge in [-0.2, -0.15) is 0 Å². The molecule has 17 heavy (non-hydrogen) atoms. The summed E-state index contributed by atoms with van der Waals surface area (Å²) in [4.78, 5) is 6.94. The first-order valence-electron chi connectivity index (χ1n) is 6.28. The Bertz CT molecular complexity index is 362. The molecule has 0 aliphatic carbocycles. The molecule has 1 aliphatic rings. The molecule has 0 unspecified atom stereocenters. The minimum absolute atomic E-state index is 0.780. The van der Waals surface area contributed by atoms with E-state index in [2.05, 4.69) is 9.88 Å². The Morgan fingerprint density at radius 1 is 1.35 bits per heavy atom. The first kappa shape index (κ1) is 12.3. The largest absolute Gasteiger partial charge is 0.397 e. The van der Waals surface area contributed by atoms with Crippen molar-refractivity contribution in [2.75, 3.05) is 38.6 Å². The van der Waals surface area contributed by atoms with Gasteiger partial charge in [0.25, 0.3) is 0 Å². The summed E-state index contributed by atoms with van der Waals surface area (Å²) in [6, 6.07) is 3.98. The molecule has 1 aromatic rings. The van der Waals surface area contributed by atoms with Crippen molar-refractivity contribution in [3.8, 4) is 0 Å². The van der Waals surface area contributed by atoms with Gasteiger partial charge in [0.15, 0.2) is 0 Å². The van der Waals surface area contributed by atoms with Gasteiger partial charge in [-0.25, -0.2) is 0 Å². The van der Waals surface area contributed by atoms with Crippen LogP contribution in [0.4, 0.5) is 5.69 Å². The number of aryl methyl sites for hydroxylation is 2. The van der Waals surface area contributed by atoms with E-state index >= 15 is 0 Å². The highest BCUT2D eigenvalue weighted by molar-refractivity contribution is 5.42. The standard InChI is InChI=1S/C13H21N3O/c1-11-13(14)5-4-12(15-11)3-2-6-16-7-9-17-10-8-16/h4-5H,2-3,6-10,14H2,1H3. The molecule has 0 bridgehead atoms. The Kier molecular flexibility index (Phi) is 4.34. The van der Waals surface area contributed by atoms with Gasteiger partial charge in [-0.05, 0) is 38.4 Å². The smallest absolute Gasteiger partial charge is 0.0604 e. The third kappa shape index (κ3) is 3.68. The summed E-state index contributed by atoms with van der Waals surface area (Å²) in [6.45, 7) is 6.97. The summed E-state index contributed by atoms with van der Waals surface area (Å²) in [5.41, 5.74) is 8.61. The van der Waals surface area contributed by atoms with Gasteiger partial charge in [-0.15, -0.1) is 0 Å². The average molecular weight is 235 g/mol. The number of nitrogens with two attached hydrogens (primary N) is 1. The molecule has 1 fully saturated rings. The molecule has 0 aromatic carbocycles.